The molecule has 31 heavy (non-hydrogen) atoms. The number of aryl methyl sites for hydroxylation is 2. The molecule has 0 saturated carbocycles. The van der Waals surface area contributed by atoms with Crippen molar-refractivity contribution in [3.8, 4) is 5.75 Å². The Morgan fingerprint density at radius 3 is 2.87 bits per heavy atom. The molecule has 3 aromatic rings. The summed E-state index contributed by atoms with van der Waals surface area (Å²) in [6.07, 6.45) is 2.61. The van der Waals surface area contributed by atoms with Gasteiger partial charge >= 0.3 is 0 Å². The first kappa shape index (κ1) is 22.9. The summed E-state index contributed by atoms with van der Waals surface area (Å²) in [6.45, 7) is 8.56. The fraction of sp³-hybridized carbons (Fsp3) is 0.261. The molecule has 0 aliphatic carbocycles. The maximum absolute atomic E-state index is 12.5. The van der Waals surface area contributed by atoms with Crippen molar-refractivity contribution in [3.63, 3.8) is 0 Å². The second kappa shape index (κ2) is 11.0. The van der Waals surface area contributed by atoms with Crippen molar-refractivity contribution in [2.24, 2.45) is 0 Å². The van der Waals surface area contributed by atoms with Gasteiger partial charge in [-0.2, -0.15) is 0 Å². The number of hydrogen-bond acceptors (Lipinski definition) is 5. The van der Waals surface area contributed by atoms with E-state index in [4.69, 9.17) is 16.3 Å². The lowest BCUT2D eigenvalue weighted by molar-refractivity contribution is -0.113. The van der Waals surface area contributed by atoms with E-state index in [2.05, 4.69) is 29.0 Å². The van der Waals surface area contributed by atoms with E-state index in [1.165, 1.54) is 11.8 Å². The lowest BCUT2D eigenvalue weighted by atomic mass is 10.1. The van der Waals surface area contributed by atoms with E-state index in [0.29, 0.717) is 28.3 Å². The molecule has 0 aliphatic rings. The fourth-order valence-electron chi connectivity index (χ4n) is 2.98. The van der Waals surface area contributed by atoms with Crippen LogP contribution < -0.4 is 10.1 Å². The van der Waals surface area contributed by atoms with Gasteiger partial charge in [-0.1, -0.05) is 60.6 Å². The molecule has 3 rings (SSSR count). The van der Waals surface area contributed by atoms with Gasteiger partial charge in [0.05, 0.1) is 10.8 Å². The highest BCUT2D eigenvalue weighted by atomic mass is 35.5. The fourth-order valence-corrected chi connectivity index (χ4v) is 3.91. The minimum absolute atomic E-state index is 0.0941. The Balaban J connectivity index is 1.65. The molecule has 6 nitrogen and oxygen atoms in total. The number of amides is 1. The molecule has 1 N–H and O–H groups in total. The Kier molecular flexibility index (Phi) is 8.14. The Labute approximate surface area is 191 Å². The first-order chi connectivity index (χ1) is 15.0. The van der Waals surface area contributed by atoms with Crippen molar-refractivity contribution >= 4 is 35.0 Å². The van der Waals surface area contributed by atoms with E-state index in [9.17, 15) is 4.79 Å². The van der Waals surface area contributed by atoms with Crippen molar-refractivity contribution in [1.29, 1.82) is 0 Å². The largest absolute Gasteiger partial charge is 0.484 e. The van der Waals surface area contributed by atoms with Gasteiger partial charge in [0.2, 0.25) is 5.91 Å². The molecule has 0 radical (unpaired) electrons. The van der Waals surface area contributed by atoms with Crippen LogP contribution in [0.15, 0.2) is 60.3 Å². The highest BCUT2D eigenvalue weighted by Gasteiger charge is 2.15. The normalized spacial score (nSPS) is 10.7. The van der Waals surface area contributed by atoms with E-state index in [1.807, 2.05) is 47.9 Å². The number of hydrogen-bond donors (Lipinski definition) is 1. The van der Waals surface area contributed by atoms with E-state index in [-0.39, 0.29) is 18.3 Å². The predicted molar refractivity (Wildman–Crippen MR) is 126 cm³/mol. The lowest BCUT2D eigenvalue weighted by Crippen LogP contribution is -2.16. The number of rotatable bonds is 10. The lowest BCUT2D eigenvalue weighted by Gasteiger charge is -2.11. The number of para-hydroxylation sites is 1. The third-order valence-electron chi connectivity index (χ3n) is 4.55. The average Bonchev–Trinajstić information content (AvgIpc) is 3.15. The van der Waals surface area contributed by atoms with Crippen LogP contribution in [-0.4, -0.2) is 26.4 Å². The number of benzene rings is 2. The second-order valence-corrected chi connectivity index (χ2v) is 8.22. The number of nitrogens with one attached hydrogen (secondary N) is 1. The van der Waals surface area contributed by atoms with Gasteiger partial charge in [0.15, 0.2) is 11.0 Å². The van der Waals surface area contributed by atoms with E-state index < -0.39 is 0 Å². The van der Waals surface area contributed by atoms with Gasteiger partial charge in [0.25, 0.3) is 0 Å². The monoisotopic (exact) mass is 456 g/mol. The summed E-state index contributed by atoms with van der Waals surface area (Å²) >= 11 is 7.53. The Hall–Kier alpha value is -2.77. The zero-order chi connectivity index (χ0) is 22.2. The molecule has 0 fully saturated rings. The third kappa shape index (κ3) is 6.12. The Bertz CT molecular complexity index is 1070. The molecule has 2 aromatic carbocycles. The van der Waals surface area contributed by atoms with Crippen LogP contribution in [0.3, 0.4) is 0 Å². The van der Waals surface area contributed by atoms with Gasteiger partial charge in [-0.3, -0.25) is 9.36 Å². The minimum Gasteiger partial charge on any atom is -0.484 e. The SMILES string of the molecule is C=CCn1c(COc2cc(C)ccc2Cl)nnc1SCC(=O)Nc1ccccc1CC. The molecule has 1 heterocycles. The highest BCUT2D eigenvalue weighted by molar-refractivity contribution is 7.99. The standard InChI is InChI=1S/C23H25ClN4O2S/c1-4-12-28-21(14-30-20-13-16(3)10-11-18(20)24)26-27-23(28)31-15-22(29)25-19-9-7-6-8-17(19)5-2/h4,6-11,13H,1,5,12,14-15H2,2-3H3,(H,25,29). The van der Waals surface area contributed by atoms with Crippen LogP contribution in [0.25, 0.3) is 0 Å². The smallest absolute Gasteiger partial charge is 0.234 e. The van der Waals surface area contributed by atoms with Crippen LogP contribution in [0, 0.1) is 6.92 Å². The van der Waals surface area contributed by atoms with Crippen molar-refractivity contribution in [1.82, 2.24) is 14.8 Å². The number of thioether (sulfide) groups is 1. The second-order valence-electron chi connectivity index (χ2n) is 6.87. The number of allylic oxidation sites excluding steroid dienone is 1. The van der Waals surface area contributed by atoms with Crippen LogP contribution in [0.5, 0.6) is 5.75 Å². The van der Waals surface area contributed by atoms with Crippen LogP contribution in [-0.2, 0) is 24.4 Å². The van der Waals surface area contributed by atoms with Gasteiger partial charge in [-0.05, 0) is 42.7 Å². The maximum atomic E-state index is 12.5. The molecule has 0 aliphatic heterocycles. The molecule has 1 amide bonds. The number of halogens is 1. The minimum atomic E-state index is -0.0941. The van der Waals surface area contributed by atoms with Crippen molar-refractivity contribution in [2.45, 2.75) is 38.6 Å². The number of nitrogens with zero attached hydrogens (tertiary/aromatic N) is 3. The first-order valence-electron chi connectivity index (χ1n) is 9.94. The summed E-state index contributed by atoms with van der Waals surface area (Å²) < 4.78 is 7.74. The van der Waals surface area contributed by atoms with Crippen LogP contribution in [0.1, 0.15) is 23.9 Å². The summed E-state index contributed by atoms with van der Waals surface area (Å²) in [5.74, 6) is 1.36. The van der Waals surface area contributed by atoms with Gasteiger partial charge in [-0.25, -0.2) is 0 Å². The number of ether oxygens (including phenoxy) is 1. The Morgan fingerprint density at radius 2 is 2.10 bits per heavy atom. The van der Waals surface area contributed by atoms with E-state index in [1.54, 1.807) is 12.1 Å². The first-order valence-corrected chi connectivity index (χ1v) is 11.3. The van der Waals surface area contributed by atoms with Crippen molar-refractivity contribution < 1.29 is 9.53 Å². The number of aromatic nitrogens is 3. The molecule has 0 bridgehead atoms. The Morgan fingerprint density at radius 1 is 1.29 bits per heavy atom. The molecule has 0 saturated heterocycles. The highest BCUT2D eigenvalue weighted by Crippen LogP contribution is 2.26. The van der Waals surface area contributed by atoms with Crippen molar-refractivity contribution in [2.75, 3.05) is 11.1 Å². The van der Waals surface area contributed by atoms with Crippen LogP contribution in [0.4, 0.5) is 5.69 Å². The molecule has 0 spiro atoms. The third-order valence-corrected chi connectivity index (χ3v) is 5.83. The number of anilines is 1. The van der Waals surface area contributed by atoms with Crippen LogP contribution >= 0.6 is 23.4 Å². The number of carbonyl (C=O) groups excluding carboxylic acids is 1. The van der Waals surface area contributed by atoms with E-state index >= 15 is 0 Å². The summed E-state index contributed by atoms with van der Waals surface area (Å²) in [4.78, 5) is 12.5. The molecule has 0 unspecified atom stereocenters. The van der Waals surface area contributed by atoms with Gasteiger partial charge < -0.3 is 10.1 Å². The van der Waals surface area contributed by atoms with Gasteiger partial charge in [0.1, 0.15) is 12.4 Å². The average molecular weight is 457 g/mol. The van der Waals surface area contributed by atoms with Crippen molar-refractivity contribution in [3.05, 3.63) is 77.1 Å². The van der Waals surface area contributed by atoms with Gasteiger partial charge in [0, 0.05) is 12.2 Å². The summed E-state index contributed by atoms with van der Waals surface area (Å²) in [6, 6.07) is 13.4. The van der Waals surface area contributed by atoms with Gasteiger partial charge in [-0.15, -0.1) is 16.8 Å². The molecular weight excluding hydrogens is 432 g/mol. The molecule has 162 valence electrons. The summed E-state index contributed by atoms with van der Waals surface area (Å²) in [7, 11) is 0. The quantitative estimate of drug-likeness (QED) is 0.331. The molecule has 0 atom stereocenters. The molecule has 8 heteroatoms. The summed E-state index contributed by atoms with van der Waals surface area (Å²) in [5, 5.41) is 12.6. The van der Waals surface area contributed by atoms with Crippen LogP contribution in [0.2, 0.25) is 5.02 Å². The topological polar surface area (TPSA) is 69.0 Å². The zero-order valence-electron chi connectivity index (χ0n) is 17.6. The summed E-state index contributed by atoms with van der Waals surface area (Å²) in [5.41, 5.74) is 3.00. The molecular formula is C23H25ClN4O2S. The van der Waals surface area contributed by atoms with E-state index in [0.717, 1.165) is 23.2 Å². The predicted octanol–water partition coefficient (Wildman–Crippen LogP) is 5.30. The number of carbonyl (C=O) groups is 1. The maximum Gasteiger partial charge on any atom is 0.234 e. The zero-order valence-corrected chi connectivity index (χ0v) is 19.2. The molecule has 1 aromatic heterocycles.